The second kappa shape index (κ2) is 11.4. The Morgan fingerprint density at radius 2 is 1.29 bits per heavy atom. The minimum atomic E-state index is -1.67. The van der Waals surface area contributed by atoms with Crippen molar-refractivity contribution in [1.29, 1.82) is 0 Å². The molecule has 0 saturated heterocycles. The first kappa shape index (κ1) is 23.5. The van der Waals surface area contributed by atoms with Crippen LogP contribution in [0.1, 0.15) is 11.1 Å². The number of hydrogen-bond acceptors (Lipinski definition) is 6. The quantitative estimate of drug-likeness (QED) is 0.430. The van der Waals surface area contributed by atoms with E-state index in [0.29, 0.717) is 38.9 Å². The van der Waals surface area contributed by atoms with Gasteiger partial charge in [0, 0.05) is 27.2 Å². The van der Waals surface area contributed by atoms with Gasteiger partial charge in [-0.1, -0.05) is 23.2 Å². The van der Waals surface area contributed by atoms with Crippen molar-refractivity contribution in [3.05, 3.63) is 45.4 Å². The Kier molecular flexibility index (Phi) is 9.56. The van der Waals surface area contributed by atoms with Gasteiger partial charge in [0.25, 0.3) is 0 Å². The van der Waals surface area contributed by atoms with Gasteiger partial charge in [-0.2, -0.15) is 0 Å². The lowest BCUT2D eigenvalue weighted by atomic mass is 10.2. The van der Waals surface area contributed by atoms with E-state index in [0.717, 1.165) is 11.1 Å². The van der Waals surface area contributed by atoms with Gasteiger partial charge in [-0.05, 0) is 35.4 Å². The fourth-order valence-corrected chi connectivity index (χ4v) is 2.94. The van der Waals surface area contributed by atoms with E-state index in [2.05, 4.69) is 21.4 Å². The highest BCUT2D eigenvalue weighted by Gasteiger charge is 2.18. The minimum absolute atomic E-state index is 0.0453. The first-order chi connectivity index (χ1) is 13.3. The summed E-state index contributed by atoms with van der Waals surface area (Å²) in [7, 11) is 7.36. The molecule has 0 unspecified atom stereocenters. The molecule has 2 aliphatic rings. The number of alkyl halides is 1. The summed E-state index contributed by atoms with van der Waals surface area (Å²) in [5.74, 6) is 2.89. The smallest absolute Gasteiger partial charge is 0.231 e. The van der Waals surface area contributed by atoms with Gasteiger partial charge in [0.2, 0.25) is 22.8 Å². The van der Waals surface area contributed by atoms with Crippen molar-refractivity contribution in [2.24, 2.45) is 0 Å². The van der Waals surface area contributed by atoms with Crippen molar-refractivity contribution in [2.75, 3.05) is 13.6 Å². The third-order valence-electron chi connectivity index (χ3n) is 3.31. The third-order valence-corrected chi connectivity index (χ3v) is 4.18. The normalized spacial score (nSPS) is 12.8. The maximum Gasteiger partial charge on any atom is 0.231 e. The van der Waals surface area contributed by atoms with Gasteiger partial charge in [0.05, 0.1) is 16.7 Å². The lowest BCUT2D eigenvalue weighted by molar-refractivity contribution is 0.173. The average Bonchev–Trinajstić information content (AvgIpc) is 3.30. The Bertz CT molecular complexity index is 783. The van der Waals surface area contributed by atoms with E-state index in [4.69, 9.17) is 63.1 Å². The molecule has 0 bridgehead atoms. The van der Waals surface area contributed by atoms with Crippen LogP contribution in [0.2, 0.25) is 10.0 Å². The monoisotopic (exact) mass is 508 g/mol. The SMILES string of the molecule is ClCc1cc(Cl)c2c(c1)OCO2.O=S(Cl)Cl.OCc1cc(Cl)c2c(c1)OCO2. The van der Waals surface area contributed by atoms with Crippen molar-refractivity contribution in [1.82, 2.24) is 0 Å². The van der Waals surface area contributed by atoms with E-state index in [1.54, 1.807) is 18.2 Å². The summed E-state index contributed by atoms with van der Waals surface area (Å²) >= 11 is 17.4. The molecule has 0 aliphatic carbocycles. The molecule has 2 heterocycles. The van der Waals surface area contributed by atoms with Gasteiger partial charge in [-0.3, -0.25) is 0 Å². The molecule has 0 atom stereocenters. The fourth-order valence-electron chi connectivity index (χ4n) is 2.21. The number of benzene rings is 2. The van der Waals surface area contributed by atoms with E-state index in [9.17, 15) is 0 Å². The summed E-state index contributed by atoms with van der Waals surface area (Å²) in [6.45, 7) is 0.390. The standard InChI is InChI=1S/C8H6Cl2O2.C8H7ClO3.Cl2OS/c9-3-5-1-6(10)8-7(2-5)11-4-12-8;9-6-1-5(3-10)2-7-8(6)12-4-11-7;1-4(2)3/h1-2H,3-4H2;1-2,10H,3-4H2;. The Labute approximate surface area is 187 Å². The van der Waals surface area contributed by atoms with Crippen LogP contribution in [0.25, 0.3) is 0 Å². The third kappa shape index (κ3) is 6.62. The summed E-state index contributed by atoms with van der Waals surface area (Å²) in [5.41, 5.74) is 1.66. The molecule has 0 radical (unpaired) electrons. The van der Waals surface area contributed by atoms with E-state index in [1.807, 2.05) is 6.07 Å². The lowest BCUT2D eigenvalue weighted by Crippen LogP contribution is -1.93. The van der Waals surface area contributed by atoms with Crippen molar-refractivity contribution in [2.45, 2.75) is 12.5 Å². The molecule has 2 aromatic rings. The Morgan fingerprint density at radius 3 is 1.71 bits per heavy atom. The van der Waals surface area contributed by atoms with Crippen LogP contribution in [-0.2, 0) is 21.7 Å². The Balaban J connectivity index is 0.000000169. The molecule has 2 aliphatic heterocycles. The van der Waals surface area contributed by atoms with Gasteiger partial charge in [-0.25, -0.2) is 4.21 Å². The molecule has 28 heavy (non-hydrogen) atoms. The molecular weight excluding hydrogens is 498 g/mol. The first-order valence-electron chi connectivity index (χ1n) is 7.42. The summed E-state index contributed by atoms with van der Waals surface area (Å²) in [6.07, 6.45) is 0. The van der Waals surface area contributed by atoms with Gasteiger partial charge in [0.15, 0.2) is 23.0 Å². The molecule has 1 N–H and O–H groups in total. The molecule has 0 fully saturated rings. The number of hydrogen-bond donors (Lipinski definition) is 1. The van der Waals surface area contributed by atoms with E-state index >= 15 is 0 Å². The zero-order valence-electron chi connectivity index (χ0n) is 13.9. The molecule has 0 spiro atoms. The highest BCUT2D eigenvalue weighted by molar-refractivity contribution is 8.26. The van der Waals surface area contributed by atoms with Crippen LogP contribution >= 0.6 is 56.2 Å². The predicted molar refractivity (Wildman–Crippen MR) is 110 cm³/mol. The second-order valence-corrected chi connectivity index (χ2v) is 8.70. The second-order valence-electron chi connectivity index (χ2n) is 5.10. The highest BCUT2D eigenvalue weighted by atomic mass is 36.0. The molecule has 6 nitrogen and oxygen atoms in total. The molecule has 154 valence electrons. The zero-order chi connectivity index (χ0) is 20.7. The number of rotatable bonds is 2. The van der Waals surface area contributed by atoms with E-state index < -0.39 is 9.23 Å². The first-order valence-corrected chi connectivity index (χ1v) is 11.5. The van der Waals surface area contributed by atoms with Crippen LogP contribution in [0.5, 0.6) is 23.0 Å². The molecule has 2 aromatic carbocycles. The van der Waals surface area contributed by atoms with Crippen LogP contribution in [0.4, 0.5) is 0 Å². The van der Waals surface area contributed by atoms with Crippen LogP contribution in [0.15, 0.2) is 24.3 Å². The Hall–Kier alpha value is -0.800. The largest absolute Gasteiger partial charge is 0.454 e. The lowest BCUT2D eigenvalue weighted by Gasteiger charge is -2.01. The number of aliphatic hydroxyl groups is 1. The number of fused-ring (bicyclic) bond motifs is 2. The molecule has 12 heteroatoms. The van der Waals surface area contributed by atoms with Crippen molar-refractivity contribution >= 4 is 65.4 Å². The Morgan fingerprint density at radius 1 is 0.857 bits per heavy atom. The predicted octanol–water partition coefficient (Wildman–Crippen LogP) is 5.41. The number of aliphatic hydroxyl groups excluding tert-OH is 1. The maximum atomic E-state index is 9.09. The molecule has 0 amide bonds. The van der Waals surface area contributed by atoms with Gasteiger partial charge < -0.3 is 24.1 Å². The average molecular weight is 511 g/mol. The maximum absolute atomic E-state index is 9.09. The van der Waals surface area contributed by atoms with Crippen molar-refractivity contribution in [3.8, 4) is 23.0 Å². The van der Waals surface area contributed by atoms with Gasteiger partial charge >= 0.3 is 0 Å². The van der Waals surface area contributed by atoms with Crippen LogP contribution in [-0.4, -0.2) is 22.9 Å². The van der Waals surface area contributed by atoms with Crippen LogP contribution < -0.4 is 18.9 Å². The topological polar surface area (TPSA) is 74.2 Å². The van der Waals surface area contributed by atoms with Gasteiger partial charge in [0.1, 0.15) is 0 Å². The number of ether oxygens (including phenoxy) is 4. The summed E-state index contributed by atoms with van der Waals surface area (Å²) in [4.78, 5) is 0. The van der Waals surface area contributed by atoms with Crippen LogP contribution in [0, 0.1) is 0 Å². The van der Waals surface area contributed by atoms with E-state index in [1.165, 1.54) is 0 Å². The number of halogens is 5. The van der Waals surface area contributed by atoms with Crippen molar-refractivity contribution in [3.63, 3.8) is 0 Å². The molecular formula is C16H13Cl5O6S. The molecule has 4 rings (SSSR count). The summed E-state index contributed by atoms with van der Waals surface area (Å²) in [5, 5.41) is 9.88. The molecule has 0 saturated carbocycles. The zero-order valence-corrected chi connectivity index (χ0v) is 18.5. The van der Waals surface area contributed by atoms with E-state index in [-0.39, 0.29) is 20.2 Å². The highest BCUT2D eigenvalue weighted by Crippen LogP contribution is 2.40. The summed E-state index contributed by atoms with van der Waals surface area (Å²) in [6, 6.07) is 6.99. The van der Waals surface area contributed by atoms with Crippen LogP contribution in [0.3, 0.4) is 0 Å². The molecule has 0 aromatic heterocycles. The van der Waals surface area contributed by atoms with Crippen molar-refractivity contribution < 1.29 is 28.3 Å². The fraction of sp³-hybridized carbons (Fsp3) is 0.250. The summed E-state index contributed by atoms with van der Waals surface area (Å²) < 4.78 is 29.6. The van der Waals surface area contributed by atoms with Gasteiger partial charge in [-0.15, -0.1) is 11.6 Å². The minimum Gasteiger partial charge on any atom is -0.454 e.